The van der Waals surface area contributed by atoms with E-state index in [0.29, 0.717) is 11.3 Å². The molecule has 0 bridgehead atoms. The molecule has 6 nitrogen and oxygen atoms in total. The number of aromatic nitrogens is 1. The first-order valence-electron chi connectivity index (χ1n) is 5.90. The minimum Gasteiger partial charge on any atom is -0.320 e. The van der Waals surface area contributed by atoms with Crippen LogP contribution in [0.4, 0.5) is 11.4 Å². The zero-order chi connectivity index (χ0) is 15.2. The number of nitrogens with one attached hydrogen (secondary N) is 1. The van der Waals surface area contributed by atoms with Gasteiger partial charge in [-0.2, -0.15) is 0 Å². The van der Waals surface area contributed by atoms with Crippen LogP contribution in [0, 0.1) is 10.1 Å². The number of amides is 1. The lowest BCUT2D eigenvalue weighted by Gasteiger charge is -2.02. The summed E-state index contributed by atoms with van der Waals surface area (Å²) in [5.74, 6) is -0.406. The molecule has 7 heteroatoms. The van der Waals surface area contributed by atoms with Crippen LogP contribution < -0.4 is 5.32 Å². The highest BCUT2D eigenvalue weighted by molar-refractivity contribution is 6.32. The third-order valence-electron chi connectivity index (χ3n) is 2.53. The highest BCUT2D eigenvalue weighted by atomic mass is 35.5. The molecular formula is C14H10ClN3O3. The summed E-state index contributed by atoms with van der Waals surface area (Å²) in [6.45, 7) is 0. The van der Waals surface area contributed by atoms with Crippen molar-refractivity contribution in [1.82, 2.24) is 4.98 Å². The molecule has 1 amide bonds. The minimum absolute atomic E-state index is 0.0344. The molecule has 1 N–H and O–H groups in total. The Morgan fingerprint density at radius 2 is 2.14 bits per heavy atom. The van der Waals surface area contributed by atoms with Gasteiger partial charge in [0.1, 0.15) is 0 Å². The molecule has 0 aliphatic carbocycles. The zero-order valence-electron chi connectivity index (χ0n) is 10.7. The van der Waals surface area contributed by atoms with E-state index >= 15 is 0 Å². The Morgan fingerprint density at radius 3 is 2.86 bits per heavy atom. The molecule has 0 fully saturated rings. The Labute approximate surface area is 125 Å². The average molecular weight is 304 g/mol. The van der Waals surface area contributed by atoms with E-state index in [1.807, 2.05) is 0 Å². The van der Waals surface area contributed by atoms with Gasteiger partial charge in [0.05, 0.1) is 10.6 Å². The number of pyridine rings is 1. The highest BCUT2D eigenvalue weighted by Crippen LogP contribution is 2.18. The molecule has 1 aromatic carbocycles. The molecule has 0 aliphatic rings. The number of anilines is 1. The second-order valence-electron chi connectivity index (χ2n) is 4.02. The molecular weight excluding hydrogens is 294 g/mol. The number of rotatable bonds is 4. The fraction of sp³-hybridized carbons (Fsp3) is 0. The largest absolute Gasteiger partial charge is 0.320 e. The lowest BCUT2D eigenvalue weighted by molar-refractivity contribution is -0.384. The maximum atomic E-state index is 11.7. The maximum Gasteiger partial charge on any atom is 0.270 e. The van der Waals surface area contributed by atoms with Gasteiger partial charge in [0, 0.05) is 24.4 Å². The van der Waals surface area contributed by atoms with Crippen molar-refractivity contribution in [3.8, 4) is 0 Å². The van der Waals surface area contributed by atoms with Crippen molar-refractivity contribution in [3.63, 3.8) is 0 Å². The van der Waals surface area contributed by atoms with Crippen LogP contribution in [-0.2, 0) is 4.79 Å². The zero-order valence-corrected chi connectivity index (χ0v) is 11.4. The third-order valence-corrected chi connectivity index (χ3v) is 2.83. The molecule has 2 rings (SSSR count). The van der Waals surface area contributed by atoms with Crippen LogP contribution in [-0.4, -0.2) is 15.8 Å². The number of nitro benzene ring substituents is 1. The lowest BCUT2D eigenvalue weighted by Crippen LogP contribution is -2.08. The van der Waals surface area contributed by atoms with Gasteiger partial charge in [0.2, 0.25) is 5.91 Å². The molecule has 106 valence electrons. The SMILES string of the molecule is O=C(C=Cc1cccc([N+](=O)[O-])c1)Nc1cccnc1Cl. The third kappa shape index (κ3) is 4.12. The average Bonchev–Trinajstić information content (AvgIpc) is 2.48. The maximum absolute atomic E-state index is 11.7. The van der Waals surface area contributed by atoms with Crippen LogP contribution in [0.25, 0.3) is 6.08 Å². The first-order chi connectivity index (χ1) is 10.1. The summed E-state index contributed by atoms with van der Waals surface area (Å²) in [7, 11) is 0. The van der Waals surface area contributed by atoms with Crippen LogP contribution in [0.2, 0.25) is 5.15 Å². The molecule has 0 atom stereocenters. The summed E-state index contributed by atoms with van der Waals surface area (Å²) in [4.78, 5) is 25.7. The molecule has 2 aromatic rings. The number of hydrogen-bond acceptors (Lipinski definition) is 4. The van der Waals surface area contributed by atoms with E-state index in [9.17, 15) is 14.9 Å². The van der Waals surface area contributed by atoms with Crippen molar-refractivity contribution in [3.05, 3.63) is 69.5 Å². The Kier molecular flexibility index (Phi) is 4.63. The standard InChI is InChI=1S/C14H10ClN3O3/c15-14-12(5-2-8-16-14)17-13(19)7-6-10-3-1-4-11(9-10)18(20)21/h1-9H,(H,17,19). The Morgan fingerprint density at radius 1 is 1.33 bits per heavy atom. The van der Waals surface area contributed by atoms with E-state index in [0.717, 1.165) is 0 Å². The molecule has 1 heterocycles. The summed E-state index contributed by atoms with van der Waals surface area (Å²) >= 11 is 5.82. The number of benzene rings is 1. The van der Waals surface area contributed by atoms with E-state index in [1.165, 1.54) is 30.5 Å². The van der Waals surface area contributed by atoms with Gasteiger partial charge in [-0.3, -0.25) is 14.9 Å². The Bertz CT molecular complexity index is 716. The van der Waals surface area contributed by atoms with Gasteiger partial charge in [-0.05, 0) is 23.8 Å². The van der Waals surface area contributed by atoms with Crippen molar-refractivity contribution in [2.75, 3.05) is 5.32 Å². The first-order valence-corrected chi connectivity index (χ1v) is 6.28. The fourth-order valence-electron chi connectivity index (χ4n) is 1.57. The summed E-state index contributed by atoms with van der Waals surface area (Å²) in [5.41, 5.74) is 0.914. The van der Waals surface area contributed by atoms with Gasteiger partial charge >= 0.3 is 0 Å². The summed E-state index contributed by atoms with van der Waals surface area (Å²) in [5, 5.41) is 13.4. The summed E-state index contributed by atoms with van der Waals surface area (Å²) < 4.78 is 0. The number of carbonyl (C=O) groups excluding carboxylic acids is 1. The molecule has 0 radical (unpaired) electrons. The van der Waals surface area contributed by atoms with Crippen LogP contribution in [0.15, 0.2) is 48.7 Å². The van der Waals surface area contributed by atoms with Gasteiger partial charge in [-0.1, -0.05) is 23.7 Å². The van der Waals surface area contributed by atoms with Crippen LogP contribution in [0.3, 0.4) is 0 Å². The van der Waals surface area contributed by atoms with Crippen molar-refractivity contribution >= 4 is 35.0 Å². The normalized spacial score (nSPS) is 10.5. The van der Waals surface area contributed by atoms with Gasteiger partial charge in [-0.25, -0.2) is 4.98 Å². The van der Waals surface area contributed by atoms with Crippen molar-refractivity contribution in [2.45, 2.75) is 0 Å². The van der Waals surface area contributed by atoms with Gasteiger partial charge in [-0.15, -0.1) is 0 Å². The quantitative estimate of drug-likeness (QED) is 0.406. The van der Waals surface area contributed by atoms with E-state index in [-0.39, 0.29) is 10.8 Å². The molecule has 0 spiro atoms. The van der Waals surface area contributed by atoms with Crippen molar-refractivity contribution < 1.29 is 9.72 Å². The first kappa shape index (κ1) is 14.7. The number of nitrogens with zero attached hydrogens (tertiary/aromatic N) is 2. The molecule has 1 aromatic heterocycles. The molecule has 21 heavy (non-hydrogen) atoms. The lowest BCUT2D eigenvalue weighted by atomic mass is 10.2. The number of hydrogen-bond donors (Lipinski definition) is 1. The van der Waals surface area contributed by atoms with E-state index in [2.05, 4.69) is 10.3 Å². The molecule has 0 aliphatic heterocycles. The predicted octanol–water partition coefficient (Wildman–Crippen LogP) is 3.30. The smallest absolute Gasteiger partial charge is 0.270 e. The van der Waals surface area contributed by atoms with Crippen molar-refractivity contribution in [1.29, 1.82) is 0 Å². The van der Waals surface area contributed by atoms with Gasteiger partial charge in [0.25, 0.3) is 5.69 Å². The minimum atomic E-state index is -0.493. The fourth-order valence-corrected chi connectivity index (χ4v) is 1.73. The van der Waals surface area contributed by atoms with E-state index in [1.54, 1.807) is 24.3 Å². The second-order valence-corrected chi connectivity index (χ2v) is 4.37. The van der Waals surface area contributed by atoms with Crippen LogP contribution >= 0.6 is 11.6 Å². The molecule has 0 saturated carbocycles. The topological polar surface area (TPSA) is 85.1 Å². The van der Waals surface area contributed by atoms with Gasteiger partial charge in [0.15, 0.2) is 5.15 Å². The van der Waals surface area contributed by atoms with Crippen LogP contribution in [0.5, 0.6) is 0 Å². The van der Waals surface area contributed by atoms with E-state index in [4.69, 9.17) is 11.6 Å². The monoisotopic (exact) mass is 303 g/mol. The van der Waals surface area contributed by atoms with E-state index < -0.39 is 10.8 Å². The summed E-state index contributed by atoms with van der Waals surface area (Å²) in [6, 6.07) is 9.23. The predicted molar refractivity (Wildman–Crippen MR) is 80.0 cm³/mol. The van der Waals surface area contributed by atoms with Crippen molar-refractivity contribution in [2.24, 2.45) is 0 Å². The molecule has 0 saturated heterocycles. The van der Waals surface area contributed by atoms with Crippen LogP contribution in [0.1, 0.15) is 5.56 Å². The summed E-state index contributed by atoms with van der Waals surface area (Å²) in [6.07, 6.45) is 4.26. The number of carbonyl (C=O) groups is 1. The second kappa shape index (κ2) is 6.62. The number of nitro groups is 1. The number of non-ortho nitro benzene ring substituents is 1. The van der Waals surface area contributed by atoms with Gasteiger partial charge < -0.3 is 5.32 Å². The highest BCUT2D eigenvalue weighted by Gasteiger charge is 2.05. The molecule has 0 unspecified atom stereocenters. The number of halogens is 1. The Hall–Kier alpha value is -2.73. The Balaban J connectivity index is 2.07.